The fourth-order valence-corrected chi connectivity index (χ4v) is 5.33. The molecule has 194 valence electrons. The number of benzene rings is 4. The molecule has 5 aromatic rings. The van der Waals surface area contributed by atoms with Crippen molar-refractivity contribution >= 4 is 11.8 Å². The van der Waals surface area contributed by atoms with Gasteiger partial charge in [-0.25, -0.2) is 15.0 Å². The summed E-state index contributed by atoms with van der Waals surface area (Å²) in [6.45, 7) is 0. The number of hydrogen-bond acceptors (Lipinski definition) is 5. The van der Waals surface area contributed by atoms with Crippen molar-refractivity contribution in [2.75, 3.05) is 0 Å². The number of hydrogen-bond donors (Lipinski definition) is 0. The summed E-state index contributed by atoms with van der Waals surface area (Å²) < 4.78 is 13.0. The fourth-order valence-electron chi connectivity index (χ4n) is 5.33. The van der Waals surface area contributed by atoms with E-state index in [0.717, 1.165) is 22.3 Å². The van der Waals surface area contributed by atoms with Crippen molar-refractivity contribution in [3.05, 3.63) is 173 Å². The van der Waals surface area contributed by atoms with E-state index in [1.807, 2.05) is 91.0 Å². The SMILES string of the molecule is c1ccc([C@H]2OC(c3cccc(C4=N[C@@H](c5ccccc5)[C@@H](c5ccccc5)O4)n3)=N[C@H]2c2ccccc2)cc1. The first-order valence-electron chi connectivity index (χ1n) is 13.5. The topological polar surface area (TPSA) is 56.1 Å². The predicted octanol–water partition coefficient (Wildman–Crippen LogP) is 7.60. The summed E-state index contributed by atoms with van der Waals surface area (Å²) in [7, 11) is 0. The molecule has 0 amide bonds. The molecule has 0 unspecified atom stereocenters. The number of ether oxygens (including phenoxy) is 2. The second-order valence-electron chi connectivity index (χ2n) is 9.89. The minimum atomic E-state index is -0.242. The van der Waals surface area contributed by atoms with E-state index >= 15 is 0 Å². The molecule has 0 radical (unpaired) electrons. The Hall–Kier alpha value is -5.03. The second-order valence-corrected chi connectivity index (χ2v) is 9.89. The van der Waals surface area contributed by atoms with Crippen LogP contribution < -0.4 is 0 Å². The lowest BCUT2D eigenvalue weighted by Crippen LogP contribution is -2.13. The van der Waals surface area contributed by atoms with Gasteiger partial charge in [-0.15, -0.1) is 0 Å². The quantitative estimate of drug-likeness (QED) is 0.231. The highest BCUT2D eigenvalue weighted by Crippen LogP contribution is 2.42. The van der Waals surface area contributed by atoms with E-state index in [4.69, 9.17) is 24.4 Å². The van der Waals surface area contributed by atoms with Crippen LogP contribution in [-0.2, 0) is 9.47 Å². The predicted molar refractivity (Wildman–Crippen MR) is 156 cm³/mol. The molecule has 1 aromatic heterocycles. The molecule has 4 atom stereocenters. The third-order valence-corrected chi connectivity index (χ3v) is 7.29. The summed E-state index contributed by atoms with van der Waals surface area (Å²) in [5.74, 6) is 1.03. The summed E-state index contributed by atoms with van der Waals surface area (Å²) in [5.41, 5.74) is 5.66. The summed E-state index contributed by atoms with van der Waals surface area (Å²) >= 11 is 0. The van der Waals surface area contributed by atoms with Crippen LogP contribution in [0.3, 0.4) is 0 Å². The van der Waals surface area contributed by atoms with E-state index in [1.165, 1.54) is 0 Å². The van der Waals surface area contributed by atoms with Crippen LogP contribution in [0.2, 0.25) is 0 Å². The largest absolute Gasteiger partial charge is 0.465 e. The van der Waals surface area contributed by atoms with Crippen LogP contribution in [0.15, 0.2) is 150 Å². The first-order chi connectivity index (χ1) is 19.8. The Balaban J connectivity index is 1.23. The molecular formula is C35H27N3O2. The Morgan fingerprint density at radius 1 is 0.375 bits per heavy atom. The molecule has 0 saturated heterocycles. The normalized spacial score (nSPS) is 21.7. The average molecular weight is 522 g/mol. The van der Waals surface area contributed by atoms with Gasteiger partial charge < -0.3 is 9.47 Å². The number of pyridine rings is 1. The molecule has 0 spiro atoms. The van der Waals surface area contributed by atoms with Crippen LogP contribution in [-0.4, -0.2) is 16.8 Å². The van der Waals surface area contributed by atoms with Crippen molar-refractivity contribution in [3.8, 4) is 0 Å². The van der Waals surface area contributed by atoms with Crippen LogP contribution in [0.4, 0.5) is 0 Å². The molecule has 3 heterocycles. The number of nitrogens with zero attached hydrogens (tertiary/aromatic N) is 3. The molecule has 5 heteroatoms. The van der Waals surface area contributed by atoms with Gasteiger partial charge in [0.15, 0.2) is 12.2 Å². The van der Waals surface area contributed by atoms with E-state index in [1.54, 1.807) is 0 Å². The van der Waals surface area contributed by atoms with Gasteiger partial charge in [-0.3, -0.25) is 0 Å². The van der Waals surface area contributed by atoms with Crippen LogP contribution in [0.1, 0.15) is 57.9 Å². The minimum absolute atomic E-state index is 0.172. The highest BCUT2D eigenvalue weighted by molar-refractivity contribution is 5.97. The lowest BCUT2D eigenvalue weighted by Gasteiger charge is -2.18. The Morgan fingerprint density at radius 2 is 0.725 bits per heavy atom. The van der Waals surface area contributed by atoms with Crippen molar-refractivity contribution in [2.45, 2.75) is 24.3 Å². The highest BCUT2D eigenvalue weighted by atomic mass is 16.5. The van der Waals surface area contributed by atoms with Crippen LogP contribution in [0.5, 0.6) is 0 Å². The highest BCUT2D eigenvalue weighted by Gasteiger charge is 2.36. The molecule has 0 N–H and O–H groups in total. The zero-order valence-electron chi connectivity index (χ0n) is 21.7. The average Bonchev–Trinajstić information content (AvgIpc) is 3.69. The molecule has 0 fully saturated rings. The molecule has 2 aliphatic heterocycles. The summed E-state index contributed by atoms with van der Waals surface area (Å²) in [4.78, 5) is 15.0. The van der Waals surface area contributed by atoms with Gasteiger partial charge in [0.25, 0.3) is 0 Å². The van der Waals surface area contributed by atoms with E-state index < -0.39 is 0 Å². The smallest absolute Gasteiger partial charge is 0.236 e. The van der Waals surface area contributed by atoms with Gasteiger partial charge in [0.1, 0.15) is 23.5 Å². The Labute approximate surface area is 233 Å². The van der Waals surface area contributed by atoms with Gasteiger partial charge in [0.05, 0.1) is 0 Å². The number of aliphatic imine (C=N–C) groups is 2. The zero-order chi connectivity index (χ0) is 26.7. The molecule has 0 saturated carbocycles. The first kappa shape index (κ1) is 24.0. The lowest BCUT2D eigenvalue weighted by molar-refractivity contribution is 0.195. The van der Waals surface area contributed by atoms with Crippen LogP contribution in [0, 0.1) is 0 Å². The lowest BCUT2D eigenvalue weighted by atomic mass is 9.97. The molecule has 0 aliphatic carbocycles. The summed E-state index contributed by atoms with van der Waals surface area (Å²) in [6, 6.07) is 46.4. The molecule has 0 bridgehead atoms. The maximum atomic E-state index is 6.51. The minimum Gasteiger partial charge on any atom is -0.465 e. The van der Waals surface area contributed by atoms with E-state index in [2.05, 4.69) is 48.5 Å². The standard InChI is InChI=1S/C35H27N3O2/c1-5-14-24(15-6-1)30-32(26-18-9-3-10-19-26)39-34(37-30)28-22-13-23-29(36-28)35-38-31(25-16-7-2-8-17-25)33(40-35)27-20-11-4-12-21-27/h1-23,30-33H/t30-,31-,32+,33+/m0/s1. The van der Waals surface area contributed by atoms with Gasteiger partial charge in [0, 0.05) is 0 Å². The monoisotopic (exact) mass is 521 g/mol. The third kappa shape index (κ3) is 4.67. The van der Waals surface area contributed by atoms with Gasteiger partial charge >= 0.3 is 0 Å². The van der Waals surface area contributed by atoms with Crippen molar-refractivity contribution in [1.82, 2.24) is 4.98 Å². The maximum absolute atomic E-state index is 6.51. The molecule has 2 aliphatic rings. The number of aromatic nitrogens is 1. The van der Waals surface area contributed by atoms with Gasteiger partial charge in [-0.1, -0.05) is 127 Å². The van der Waals surface area contributed by atoms with Crippen molar-refractivity contribution in [1.29, 1.82) is 0 Å². The first-order valence-corrected chi connectivity index (χ1v) is 13.5. The van der Waals surface area contributed by atoms with E-state index in [9.17, 15) is 0 Å². The van der Waals surface area contributed by atoms with E-state index in [0.29, 0.717) is 23.2 Å². The van der Waals surface area contributed by atoms with Crippen molar-refractivity contribution in [2.24, 2.45) is 9.98 Å². The van der Waals surface area contributed by atoms with Crippen molar-refractivity contribution < 1.29 is 9.47 Å². The zero-order valence-corrected chi connectivity index (χ0v) is 21.7. The van der Waals surface area contributed by atoms with Crippen LogP contribution >= 0.6 is 0 Å². The maximum Gasteiger partial charge on any atom is 0.236 e. The van der Waals surface area contributed by atoms with Gasteiger partial charge in [-0.05, 0) is 34.4 Å². The van der Waals surface area contributed by atoms with Crippen LogP contribution in [0.25, 0.3) is 0 Å². The van der Waals surface area contributed by atoms with Gasteiger partial charge in [0.2, 0.25) is 11.8 Å². The number of rotatable bonds is 6. The Morgan fingerprint density at radius 3 is 1.10 bits per heavy atom. The fraction of sp³-hybridized carbons (Fsp3) is 0.114. The molecule has 5 nitrogen and oxygen atoms in total. The summed E-state index contributed by atoms with van der Waals surface area (Å²) in [6.07, 6.45) is -0.483. The Kier molecular flexibility index (Phi) is 6.38. The second kappa shape index (κ2) is 10.6. The molecule has 7 rings (SSSR count). The van der Waals surface area contributed by atoms with Crippen molar-refractivity contribution in [3.63, 3.8) is 0 Å². The van der Waals surface area contributed by atoms with Gasteiger partial charge in [-0.2, -0.15) is 0 Å². The Bertz CT molecular complexity index is 1530. The molecular weight excluding hydrogens is 494 g/mol. The summed E-state index contributed by atoms with van der Waals surface area (Å²) in [5, 5.41) is 0. The molecule has 40 heavy (non-hydrogen) atoms. The third-order valence-electron chi connectivity index (χ3n) is 7.29. The van der Waals surface area contributed by atoms with E-state index in [-0.39, 0.29) is 24.3 Å². The molecule has 4 aromatic carbocycles.